The molecule has 2 aromatic heterocycles. The first kappa shape index (κ1) is 19.4. The first-order chi connectivity index (χ1) is 14.8. The quantitative estimate of drug-likeness (QED) is 0.631. The third kappa shape index (κ3) is 3.89. The topological polar surface area (TPSA) is 55.5 Å². The molecule has 0 radical (unpaired) electrons. The molecule has 0 fully saturated rings. The number of ether oxygens (including phenoxy) is 1. The highest BCUT2D eigenvalue weighted by atomic mass is 16.5. The average molecular weight is 404 g/mol. The molecular formula is C24H29N5O. The molecule has 0 spiro atoms. The number of fused-ring (bicyclic) bond motifs is 2. The van der Waals surface area contributed by atoms with E-state index in [0.717, 1.165) is 63.7 Å². The van der Waals surface area contributed by atoms with E-state index < -0.39 is 0 Å². The Morgan fingerprint density at radius 1 is 1.13 bits per heavy atom. The van der Waals surface area contributed by atoms with E-state index in [1.807, 2.05) is 6.20 Å². The smallest absolute Gasteiger partial charge is 0.173 e. The lowest BCUT2D eigenvalue weighted by atomic mass is 10.0. The molecule has 0 saturated carbocycles. The van der Waals surface area contributed by atoms with Gasteiger partial charge in [-0.05, 0) is 30.9 Å². The standard InChI is InChI=1S/C24H29N5O/c1-30-13-12-29-17-19(20-6-2-3-8-23(20)29)16-28-11-9-21-18(15-28)14-26-24(27-21)22-7-4-5-10-25-22/h2-3,6,8,14,17H,4-5,7,9-13,15-16H2,1H3. The maximum Gasteiger partial charge on any atom is 0.173 e. The summed E-state index contributed by atoms with van der Waals surface area (Å²) in [5.74, 6) is 0.850. The lowest BCUT2D eigenvalue weighted by molar-refractivity contribution is 0.188. The molecule has 6 nitrogen and oxygen atoms in total. The van der Waals surface area contributed by atoms with Crippen LogP contribution in [0.3, 0.4) is 0 Å². The molecule has 0 atom stereocenters. The van der Waals surface area contributed by atoms with Gasteiger partial charge in [-0.25, -0.2) is 9.97 Å². The largest absolute Gasteiger partial charge is 0.383 e. The van der Waals surface area contributed by atoms with Crippen molar-refractivity contribution in [1.29, 1.82) is 0 Å². The molecule has 0 unspecified atom stereocenters. The van der Waals surface area contributed by atoms with Crippen molar-refractivity contribution in [3.8, 4) is 0 Å². The highest BCUT2D eigenvalue weighted by Crippen LogP contribution is 2.25. The summed E-state index contributed by atoms with van der Waals surface area (Å²) in [5.41, 5.74) is 6.20. The molecule has 0 bridgehead atoms. The zero-order valence-electron chi connectivity index (χ0n) is 17.7. The SMILES string of the molecule is COCCn1cc(CN2CCc3nc(C4=NCCCC4)ncc3C2)c2ccccc21. The molecule has 30 heavy (non-hydrogen) atoms. The second kappa shape index (κ2) is 8.66. The Labute approximate surface area is 177 Å². The van der Waals surface area contributed by atoms with E-state index in [1.54, 1.807) is 7.11 Å². The van der Waals surface area contributed by atoms with Crippen LogP contribution >= 0.6 is 0 Å². The van der Waals surface area contributed by atoms with Crippen LogP contribution in [0, 0.1) is 0 Å². The number of para-hydroxylation sites is 1. The van der Waals surface area contributed by atoms with Crippen molar-refractivity contribution >= 4 is 16.6 Å². The minimum absolute atomic E-state index is 0.722. The Hall–Kier alpha value is -2.57. The molecule has 3 aromatic rings. The van der Waals surface area contributed by atoms with Gasteiger partial charge in [0.05, 0.1) is 18.0 Å². The van der Waals surface area contributed by atoms with Crippen LogP contribution in [0.1, 0.15) is 41.9 Å². The summed E-state index contributed by atoms with van der Waals surface area (Å²) in [6.07, 6.45) is 8.69. The van der Waals surface area contributed by atoms with Crippen LogP contribution in [-0.4, -0.2) is 52.0 Å². The minimum Gasteiger partial charge on any atom is -0.383 e. The Morgan fingerprint density at radius 3 is 2.93 bits per heavy atom. The van der Waals surface area contributed by atoms with Crippen molar-refractivity contribution in [2.75, 3.05) is 26.8 Å². The molecule has 0 amide bonds. The molecule has 156 valence electrons. The molecule has 0 aliphatic carbocycles. The third-order valence-electron chi connectivity index (χ3n) is 6.20. The first-order valence-corrected chi connectivity index (χ1v) is 11.0. The number of rotatable bonds is 6. The number of hydrogen-bond acceptors (Lipinski definition) is 5. The van der Waals surface area contributed by atoms with Gasteiger partial charge in [0.1, 0.15) is 0 Å². The Kier molecular flexibility index (Phi) is 5.60. The molecular weight excluding hydrogens is 374 g/mol. The molecule has 0 N–H and O–H groups in total. The van der Waals surface area contributed by atoms with Crippen LogP contribution in [0.5, 0.6) is 0 Å². The Bertz CT molecular complexity index is 1070. The van der Waals surface area contributed by atoms with Gasteiger partial charge in [-0.2, -0.15) is 0 Å². The molecule has 2 aliphatic heterocycles. The number of aliphatic imine (C=N–C) groups is 1. The van der Waals surface area contributed by atoms with E-state index in [2.05, 4.69) is 49.9 Å². The van der Waals surface area contributed by atoms with Crippen molar-refractivity contribution in [2.24, 2.45) is 4.99 Å². The fourth-order valence-electron chi connectivity index (χ4n) is 4.59. The van der Waals surface area contributed by atoms with Crippen LogP contribution in [0.25, 0.3) is 10.9 Å². The van der Waals surface area contributed by atoms with Gasteiger partial charge in [-0.1, -0.05) is 18.2 Å². The maximum atomic E-state index is 5.29. The molecule has 2 aliphatic rings. The second-order valence-corrected chi connectivity index (χ2v) is 8.27. The van der Waals surface area contributed by atoms with Gasteiger partial charge in [0, 0.05) is 75.1 Å². The lowest BCUT2D eigenvalue weighted by Gasteiger charge is -2.28. The van der Waals surface area contributed by atoms with E-state index >= 15 is 0 Å². The van der Waals surface area contributed by atoms with Gasteiger partial charge in [0.2, 0.25) is 0 Å². The van der Waals surface area contributed by atoms with E-state index in [1.165, 1.54) is 40.6 Å². The van der Waals surface area contributed by atoms with E-state index in [-0.39, 0.29) is 0 Å². The van der Waals surface area contributed by atoms with E-state index in [4.69, 9.17) is 9.72 Å². The van der Waals surface area contributed by atoms with Gasteiger partial charge in [-0.3, -0.25) is 9.89 Å². The predicted molar refractivity (Wildman–Crippen MR) is 119 cm³/mol. The Morgan fingerprint density at radius 2 is 2.07 bits per heavy atom. The number of hydrogen-bond donors (Lipinski definition) is 0. The predicted octanol–water partition coefficient (Wildman–Crippen LogP) is 3.61. The van der Waals surface area contributed by atoms with Gasteiger partial charge in [-0.15, -0.1) is 0 Å². The number of methoxy groups -OCH3 is 1. The molecule has 6 heteroatoms. The summed E-state index contributed by atoms with van der Waals surface area (Å²) >= 11 is 0. The van der Waals surface area contributed by atoms with Crippen molar-refractivity contribution in [3.63, 3.8) is 0 Å². The van der Waals surface area contributed by atoms with Crippen LogP contribution in [0.15, 0.2) is 41.7 Å². The van der Waals surface area contributed by atoms with Crippen molar-refractivity contribution in [1.82, 2.24) is 19.4 Å². The number of benzene rings is 1. The highest BCUT2D eigenvalue weighted by molar-refractivity contribution is 5.97. The fraction of sp³-hybridized carbons (Fsp3) is 0.458. The van der Waals surface area contributed by atoms with Crippen molar-refractivity contribution in [3.05, 3.63) is 59.3 Å². The summed E-state index contributed by atoms with van der Waals surface area (Å²) in [5, 5.41) is 1.33. The molecule has 1 aromatic carbocycles. The monoisotopic (exact) mass is 403 g/mol. The third-order valence-corrected chi connectivity index (χ3v) is 6.20. The molecule has 5 rings (SSSR count). The summed E-state index contributed by atoms with van der Waals surface area (Å²) in [4.78, 5) is 16.7. The van der Waals surface area contributed by atoms with E-state index in [0.29, 0.717) is 0 Å². The van der Waals surface area contributed by atoms with Crippen LogP contribution in [0.2, 0.25) is 0 Å². The maximum absolute atomic E-state index is 5.29. The fourth-order valence-corrected chi connectivity index (χ4v) is 4.59. The summed E-state index contributed by atoms with van der Waals surface area (Å²) in [7, 11) is 1.76. The Balaban J connectivity index is 1.34. The normalized spacial score (nSPS) is 17.2. The molecule has 0 saturated heterocycles. The van der Waals surface area contributed by atoms with Crippen LogP contribution in [0.4, 0.5) is 0 Å². The zero-order valence-corrected chi connectivity index (χ0v) is 17.7. The number of nitrogens with zero attached hydrogens (tertiary/aromatic N) is 5. The van der Waals surface area contributed by atoms with Gasteiger partial charge in [0.25, 0.3) is 0 Å². The summed E-state index contributed by atoms with van der Waals surface area (Å²) < 4.78 is 7.60. The van der Waals surface area contributed by atoms with Crippen LogP contribution < -0.4 is 0 Å². The van der Waals surface area contributed by atoms with Gasteiger partial charge in [0.15, 0.2) is 5.82 Å². The lowest BCUT2D eigenvalue weighted by Crippen LogP contribution is -2.31. The zero-order chi connectivity index (χ0) is 20.3. The van der Waals surface area contributed by atoms with Crippen molar-refractivity contribution < 1.29 is 4.74 Å². The summed E-state index contributed by atoms with van der Waals surface area (Å²) in [6, 6.07) is 8.66. The molecule has 4 heterocycles. The van der Waals surface area contributed by atoms with E-state index in [9.17, 15) is 0 Å². The second-order valence-electron chi connectivity index (χ2n) is 8.27. The number of aromatic nitrogens is 3. The van der Waals surface area contributed by atoms with Crippen LogP contribution in [-0.2, 0) is 30.8 Å². The van der Waals surface area contributed by atoms with Crippen molar-refractivity contribution in [2.45, 2.75) is 45.3 Å². The van der Waals surface area contributed by atoms with Gasteiger partial charge >= 0.3 is 0 Å². The minimum atomic E-state index is 0.722. The first-order valence-electron chi connectivity index (χ1n) is 11.0. The summed E-state index contributed by atoms with van der Waals surface area (Å²) in [6.45, 7) is 5.38. The highest BCUT2D eigenvalue weighted by Gasteiger charge is 2.21. The average Bonchev–Trinajstić information content (AvgIpc) is 3.15. The van der Waals surface area contributed by atoms with Gasteiger partial charge < -0.3 is 9.30 Å².